The number of hydrogen-bond donors (Lipinski definition) is 2. The van der Waals surface area contributed by atoms with Crippen molar-refractivity contribution in [3.8, 4) is 0 Å². The van der Waals surface area contributed by atoms with E-state index in [1.807, 2.05) is 19.1 Å². The maximum atomic E-state index is 11.1. The molecule has 2 rings (SSSR count). The van der Waals surface area contributed by atoms with E-state index >= 15 is 0 Å². The monoisotopic (exact) mass is 296 g/mol. The van der Waals surface area contributed by atoms with E-state index in [9.17, 15) is 4.79 Å². The normalized spacial score (nSPS) is 10.3. The molecule has 4 nitrogen and oxygen atoms in total. The Morgan fingerprint density at radius 2 is 2.00 bits per heavy atom. The number of rotatable bonds is 3. The highest BCUT2D eigenvalue weighted by atomic mass is 35.5. The van der Waals surface area contributed by atoms with E-state index in [2.05, 4.69) is 10.3 Å². The molecule has 0 bridgehead atoms. The topological polar surface area (TPSA) is 62.2 Å². The van der Waals surface area contributed by atoms with Gasteiger partial charge >= 0.3 is 5.97 Å². The first-order valence-corrected chi connectivity index (χ1v) is 6.15. The number of carboxylic acids is 1. The molecule has 0 saturated heterocycles. The van der Waals surface area contributed by atoms with Gasteiger partial charge in [-0.2, -0.15) is 0 Å². The van der Waals surface area contributed by atoms with Crippen molar-refractivity contribution < 1.29 is 9.90 Å². The van der Waals surface area contributed by atoms with Gasteiger partial charge in [0.1, 0.15) is 10.7 Å². The minimum Gasteiger partial charge on any atom is -0.478 e. The number of pyridine rings is 1. The van der Waals surface area contributed by atoms with Crippen molar-refractivity contribution in [1.82, 2.24) is 4.98 Å². The molecule has 0 unspecified atom stereocenters. The molecule has 19 heavy (non-hydrogen) atoms. The molecule has 0 spiro atoms. The minimum atomic E-state index is -1.09. The average Bonchev–Trinajstić information content (AvgIpc) is 2.33. The second kappa shape index (κ2) is 5.47. The smallest absolute Gasteiger partial charge is 0.339 e. The predicted molar refractivity (Wildman–Crippen MR) is 75.7 cm³/mol. The van der Waals surface area contributed by atoms with Crippen LogP contribution < -0.4 is 5.32 Å². The van der Waals surface area contributed by atoms with E-state index in [1.54, 1.807) is 6.07 Å². The van der Waals surface area contributed by atoms with Crippen LogP contribution in [0.25, 0.3) is 0 Å². The molecule has 6 heteroatoms. The van der Waals surface area contributed by atoms with Crippen LogP contribution in [0, 0.1) is 6.92 Å². The van der Waals surface area contributed by atoms with E-state index in [0.717, 1.165) is 5.56 Å². The molecule has 0 amide bonds. The summed E-state index contributed by atoms with van der Waals surface area (Å²) in [6.45, 7) is 1.92. The third-order valence-electron chi connectivity index (χ3n) is 2.49. The van der Waals surface area contributed by atoms with E-state index < -0.39 is 5.97 Å². The molecular formula is C13H10Cl2N2O2. The fourth-order valence-corrected chi connectivity index (χ4v) is 1.91. The van der Waals surface area contributed by atoms with Crippen molar-refractivity contribution in [2.75, 3.05) is 5.32 Å². The SMILES string of the molecule is Cc1ccc(Cl)c(Nc2cc(Cl)ncc2C(=O)O)c1. The number of carbonyl (C=O) groups is 1. The summed E-state index contributed by atoms with van der Waals surface area (Å²) in [7, 11) is 0. The van der Waals surface area contributed by atoms with Gasteiger partial charge in [-0.1, -0.05) is 29.3 Å². The van der Waals surface area contributed by atoms with Crippen LogP contribution in [0.3, 0.4) is 0 Å². The maximum absolute atomic E-state index is 11.1. The van der Waals surface area contributed by atoms with E-state index in [-0.39, 0.29) is 10.7 Å². The second-order valence-electron chi connectivity index (χ2n) is 3.97. The largest absolute Gasteiger partial charge is 0.478 e. The number of aromatic carboxylic acids is 1. The fraction of sp³-hybridized carbons (Fsp3) is 0.0769. The molecule has 0 aliphatic rings. The van der Waals surface area contributed by atoms with Crippen molar-refractivity contribution in [3.05, 3.63) is 51.8 Å². The molecule has 0 radical (unpaired) electrons. The van der Waals surface area contributed by atoms with Gasteiger partial charge in [-0.3, -0.25) is 0 Å². The molecule has 0 saturated carbocycles. The summed E-state index contributed by atoms with van der Waals surface area (Å²) in [6.07, 6.45) is 1.21. The summed E-state index contributed by atoms with van der Waals surface area (Å²) in [6, 6.07) is 6.87. The molecule has 1 aromatic heterocycles. The van der Waals surface area contributed by atoms with Crippen LogP contribution in [0.5, 0.6) is 0 Å². The number of anilines is 2. The molecule has 2 N–H and O–H groups in total. The summed E-state index contributed by atoms with van der Waals surface area (Å²) >= 11 is 11.8. The number of nitrogens with one attached hydrogen (secondary N) is 1. The van der Waals surface area contributed by atoms with Crippen LogP contribution in [0.4, 0.5) is 11.4 Å². The summed E-state index contributed by atoms with van der Waals surface area (Å²) in [5.41, 5.74) is 2.00. The Labute approximate surface area is 120 Å². The second-order valence-corrected chi connectivity index (χ2v) is 4.76. The Balaban J connectivity index is 2.45. The molecule has 1 aromatic carbocycles. The Morgan fingerprint density at radius 3 is 2.68 bits per heavy atom. The van der Waals surface area contributed by atoms with Crippen molar-refractivity contribution in [2.45, 2.75) is 6.92 Å². The van der Waals surface area contributed by atoms with Gasteiger partial charge in [-0.25, -0.2) is 9.78 Å². The average molecular weight is 297 g/mol. The van der Waals surface area contributed by atoms with Crippen molar-refractivity contribution >= 4 is 40.5 Å². The van der Waals surface area contributed by atoms with Gasteiger partial charge in [0.15, 0.2) is 0 Å². The molecule has 98 valence electrons. The van der Waals surface area contributed by atoms with Crippen LogP contribution in [-0.4, -0.2) is 16.1 Å². The Kier molecular flexibility index (Phi) is 3.93. The minimum absolute atomic E-state index is 0.0296. The van der Waals surface area contributed by atoms with Crippen molar-refractivity contribution in [2.24, 2.45) is 0 Å². The molecule has 0 fully saturated rings. The standard InChI is InChI=1S/C13H10Cl2N2O2/c1-7-2-3-9(14)11(4-7)17-10-5-12(15)16-6-8(10)13(18)19/h2-6H,1H3,(H,16,17)(H,18,19). The zero-order valence-electron chi connectivity index (χ0n) is 9.95. The van der Waals surface area contributed by atoms with E-state index in [0.29, 0.717) is 16.4 Å². The first kappa shape index (κ1) is 13.6. The number of nitrogens with zero attached hydrogens (tertiary/aromatic N) is 1. The van der Waals surface area contributed by atoms with Crippen LogP contribution >= 0.6 is 23.2 Å². The Bertz CT molecular complexity index is 645. The zero-order valence-corrected chi connectivity index (χ0v) is 11.5. The van der Waals surface area contributed by atoms with Crippen LogP contribution in [0.2, 0.25) is 10.2 Å². The lowest BCUT2D eigenvalue weighted by Gasteiger charge is -2.11. The molecule has 1 heterocycles. The molecule has 2 aromatic rings. The first-order chi connectivity index (χ1) is 8.97. The van der Waals surface area contributed by atoms with Crippen LogP contribution in [0.1, 0.15) is 15.9 Å². The molecular weight excluding hydrogens is 287 g/mol. The third kappa shape index (κ3) is 3.16. The van der Waals surface area contributed by atoms with Gasteiger partial charge < -0.3 is 10.4 Å². The summed E-state index contributed by atoms with van der Waals surface area (Å²) in [5.74, 6) is -1.09. The van der Waals surface area contributed by atoms with Gasteiger partial charge in [-0.05, 0) is 30.7 Å². The number of benzene rings is 1. The number of carboxylic acid groups (broad SMARTS) is 1. The summed E-state index contributed by atoms with van der Waals surface area (Å²) < 4.78 is 0. The van der Waals surface area contributed by atoms with E-state index in [4.69, 9.17) is 28.3 Å². The molecule has 0 atom stereocenters. The quantitative estimate of drug-likeness (QED) is 0.836. The lowest BCUT2D eigenvalue weighted by Crippen LogP contribution is -2.04. The Hall–Kier alpha value is -1.78. The highest BCUT2D eigenvalue weighted by Crippen LogP contribution is 2.29. The van der Waals surface area contributed by atoms with E-state index in [1.165, 1.54) is 12.3 Å². The number of aromatic nitrogens is 1. The summed E-state index contributed by atoms with van der Waals surface area (Å²) in [4.78, 5) is 14.9. The molecule has 0 aliphatic carbocycles. The van der Waals surface area contributed by atoms with Gasteiger partial charge in [0.05, 0.1) is 16.4 Å². The first-order valence-electron chi connectivity index (χ1n) is 5.39. The highest BCUT2D eigenvalue weighted by Gasteiger charge is 2.12. The van der Waals surface area contributed by atoms with Gasteiger partial charge in [0.25, 0.3) is 0 Å². The number of aryl methyl sites for hydroxylation is 1. The predicted octanol–water partition coefficient (Wildman–Crippen LogP) is 4.14. The van der Waals surface area contributed by atoms with Gasteiger partial charge in [0.2, 0.25) is 0 Å². The number of halogens is 2. The van der Waals surface area contributed by atoms with Crippen molar-refractivity contribution in [3.63, 3.8) is 0 Å². The van der Waals surface area contributed by atoms with Gasteiger partial charge in [0, 0.05) is 6.20 Å². The molecule has 0 aliphatic heterocycles. The lowest BCUT2D eigenvalue weighted by molar-refractivity contribution is 0.0697. The van der Waals surface area contributed by atoms with Crippen LogP contribution in [0.15, 0.2) is 30.5 Å². The van der Waals surface area contributed by atoms with Crippen LogP contribution in [-0.2, 0) is 0 Å². The Morgan fingerprint density at radius 1 is 1.26 bits per heavy atom. The highest BCUT2D eigenvalue weighted by molar-refractivity contribution is 6.33. The summed E-state index contributed by atoms with van der Waals surface area (Å²) in [5, 5.41) is 12.8. The zero-order chi connectivity index (χ0) is 14.0. The lowest BCUT2D eigenvalue weighted by atomic mass is 10.2. The van der Waals surface area contributed by atoms with Crippen molar-refractivity contribution in [1.29, 1.82) is 0 Å². The fourth-order valence-electron chi connectivity index (χ4n) is 1.58. The third-order valence-corrected chi connectivity index (χ3v) is 3.03. The number of hydrogen-bond acceptors (Lipinski definition) is 3. The maximum Gasteiger partial charge on any atom is 0.339 e. The van der Waals surface area contributed by atoms with Gasteiger partial charge in [-0.15, -0.1) is 0 Å².